The number of phenols is 1. The molecule has 0 bridgehead atoms. The zero-order chi connectivity index (χ0) is 13.9. The van der Waals surface area contributed by atoms with Gasteiger partial charge in [-0.05, 0) is 55.0 Å². The summed E-state index contributed by atoms with van der Waals surface area (Å²) in [7, 11) is 0. The number of rotatable bonds is 3. The first-order chi connectivity index (χ1) is 9.72. The maximum Gasteiger partial charge on any atom is 0.115 e. The molecule has 0 amide bonds. The summed E-state index contributed by atoms with van der Waals surface area (Å²) < 4.78 is 0. The van der Waals surface area contributed by atoms with Crippen LogP contribution in [0.4, 0.5) is 0 Å². The molecule has 2 heteroatoms. The van der Waals surface area contributed by atoms with Crippen LogP contribution in [0, 0.1) is 6.92 Å². The largest absolute Gasteiger partial charge is 0.508 e. The molecule has 1 aliphatic carbocycles. The Bertz CT molecular complexity index is 589. The number of hydrogen-bond acceptors (Lipinski definition) is 2. The van der Waals surface area contributed by atoms with Crippen molar-refractivity contribution in [3.63, 3.8) is 0 Å². The van der Waals surface area contributed by atoms with Crippen LogP contribution in [-0.2, 0) is 13.0 Å². The lowest BCUT2D eigenvalue weighted by Gasteiger charge is -2.26. The van der Waals surface area contributed by atoms with Gasteiger partial charge in [0.25, 0.3) is 0 Å². The molecule has 0 aliphatic heterocycles. The molecule has 0 radical (unpaired) electrons. The molecular formula is C18H21NO. The van der Waals surface area contributed by atoms with E-state index >= 15 is 0 Å². The van der Waals surface area contributed by atoms with Crippen LogP contribution in [0.2, 0.25) is 0 Å². The van der Waals surface area contributed by atoms with E-state index in [2.05, 4.69) is 42.6 Å². The zero-order valence-electron chi connectivity index (χ0n) is 11.9. The van der Waals surface area contributed by atoms with E-state index in [1.54, 1.807) is 6.07 Å². The predicted octanol–water partition coefficient (Wildman–Crippen LogP) is 3.87. The van der Waals surface area contributed by atoms with Gasteiger partial charge in [-0.2, -0.15) is 0 Å². The SMILES string of the molecule is Cc1ccc(CNC2CCCc3ccc(O)cc32)cc1. The van der Waals surface area contributed by atoms with E-state index in [0.29, 0.717) is 11.8 Å². The summed E-state index contributed by atoms with van der Waals surface area (Å²) in [5.41, 5.74) is 5.24. The zero-order valence-corrected chi connectivity index (χ0v) is 11.9. The highest BCUT2D eigenvalue weighted by molar-refractivity contribution is 5.38. The monoisotopic (exact) mass is 267 g/mol. The summed E-state index contributed by atoms with van der Waals surface area (Å²) >= 11 is 0. The molecule has 2 nitrogen and oxygen atoms in total. The molecule has 2 aromatic rings. The predicted molar refractivity (Wildman–Crippen MR) is 81.8 cm³/mol. The van der Waals surface area contributed by atoms with Gasteiger partial charge in [0.2, 0.25) is 0 Å². The van der Waals surface area contributed by atoms with E-state index in [-0.39, 0.29) is 0 Å². The van der Waals surface area contributed by atoms with Crippen molar-refractivity contribution in [2.24, 2.45) is 0 Å². The maximum absolute atomic E-state index is 9.69. The van der Waals surface area contributed by atoms with Crippen LogP contribution in [0.3, 0.4) is 0 Å². The normalized spacial score (nSPS) is 17.8. The van der Waals surface area contributed by atoms with Crippen molar-refractivity contribution >= 4 is 0 Å². The second-order valence-electron chi connectivity index (χ2n) is 5.69. The first kappa shape index (κ1) is 13.2. The minimum atomic E-state index is 0.354. The summed E-state index contributed by atoms with van der Waals surface area (Å²) in [5, 5.41) is 13.3. The van der Waals surface area contributed by atoms with Gasteiger partial charge in [0.05, 0.1) is 0 Å². The fourth-order valence-corrected chi connectivity index (χ4v) is 2.95. The molecule has 0 spiro atoms. The van der Waals surface area contributed by atoms with Crippen LogP contribution in [0.1, 0.15) is 41.1 Å². The van der Waals surface area contributed by atoms with Crippen LogP contribution in [0.5, 0.6) is 5.75 Å². The Morgan fingerprint density at radius 3 is 2.75 bits per heavy atom. The highest BCUT2D eigenvalue weighted by atomic mass is 16.3. The van der Waals surface area contributed by atoms with Crippen molar-refractivity contribution in [2.75, 3.05) is 0 Å². The molecule has 2 aromatic carbocycles. The number of aryl methyl sites for hydroxylation is 2. The van der Waals surface area contributed by atoms with E-state index in [1.807, 2.05) is 6.07 Å². The van der Waals surface area contributed by atoms with E-state index in [9.17, 15) is 5.11 Å². The molecule has 0 saturated heterocycles. The van der Waals surface area contributed by atoms with Gasteiger partial charge in [-0.3, -0.25) is 0 Å². The summed E-state index contributed by atoms with van der Waals surface area (Å²) in [6, 6.07) is 14.8. The lowest BCUT2D eigenvalue weighted by molar-refractivity contribution is 0.446. The number of fused-ring (bicyclic) bond motifs is 1. The van der Waals surface area contributed by atoms with E-state index in [1.165, 1.54) is 28.7 Å². The van der Waals surface area contributed by atoms with Crippen molar-refractivity contribution in [1.82, 2.24) is 5.32 Å². The van der Waals surface area contributed by atoms with Crippen molar-refractivity contribution in [2.45, 2.75) is 38.8 Å². The number of aromatic hydroxyl groups is 1. The molecule has 2 N–H and O–H groups in total. The van der Waals surface area contributed by atoms with Gasteiger partial charge in [-0.15, -0.1) is 0 Å². The number of nitrogens with one attached hydrogen (secondary N) is 1. The van der Waals surface area contributed by atoms with Gasteiger partial charge in [-0.25, -0.2) is 0 Å². The van der Waals surface area contributed by atoms with Gasteiger partial charge >= 0.3 is 0 Å². The lowest BCUT2D eigenvalue weighted by Crippen LogP contribution is -2.24. The van der Waals surface area contributed by atoms with Crippen molar-refractivity contribution < 1.29 is 5.11 Å². The summed E-state index contributed by atoms with van der Waals surface area (Å²) in [6.07, 6.45) is 3.48. The minimum absolute atomic E-state index is 0.354. The van der Waals surface area contributed by atoms with Crippen LogP contribution >= 0.6 is 0 Å². The highest BCUT2D eigenvalue weighted by Crippen LogP contribution is 2.32. The van der Waals surface area contributed by atoms with E-state index < -0.39 is 0 Å². The smallest absolute Gasteiger partial charge is 0.115 e. The standard InChI is InChI=1S/C18H21NO/c1-13-5-7-14(8-6-13)12-19-18-4-2-3-15-9-10-16(20)11-17(15)18/h5-11,18-20H,2-4,12H2,1H3. The average molecular weight is 267 g/mol. The van der Waals surface area contributed by atoms with Crippen LogP contribution in [0.25, 0.3) is 0 Å². The Balaban J connectivity index is 1.73. The third-order valence-electron chi connectivity index (χ3n) is 4.12. The van der Waals surface area contributed by atoms with Gasteiger partial charge in [0.1, 0.15) is 5.75 Å². The van der Waals surface area contributed by atoms with Gasteiger partial charge < -0.3 is 10.4 Å². The lowest BCUT2D eigenvalue weighted by atomic mass is 9.87. The van der Waals surface area contributed by atoms with Crippen molar-refractivity contribution in [3.8, 4) is 5.75 Å². The topological polar surface area (TPSA) is 32.3 Å². The molecule has 0 aromatic heterocycles. The minimum Gasteiger partial charge on any atom is -0.508 e. The van der Waals surface area contributed by atoms with E-state index in [4.69, 9.17) is 0 Å². The van der Waals surface area contributed by atoms with Crippen LogP contribution < -0.4 is 5.32 Å². The summed E-state index contributed by atoms with van der Waals surface area (Å²) in [4.78, 5) is 0. The molecule has 1 atom stereocenters. The number of phenolic OH excluding ortho intramolecular Hbond substituents is 1. The fraction of sp³-hybridized carbons (Fsp3) is 0.333. The Morgan fingerprint density at radius 2 is 1.95 bits per heavy atom. The Morgan fingerprint density at radius 1 is 1.15 bits per heavy atom. The molecule has 0 heterocycles. The quantitative estimate of drug-likeness (QED) is 0.885. The molecular weight excluding hydrogens is 246 g/mol. The second-order valence-corrected chi connectivity index (χ2v) is 5.69. The van der Waals surface area contributed by atoms with Crippen LogP contribution in [0.15, 0.2) is 42.5 Å². The molecule has 104 valence electrons. The maximum atomic E-state index is 9.69. The Labute approximate surface area is 120 Å². The number of hydrogen-bond donors (Lipinski definition) is 2. The van der Waals surface area contributed by atoms with Crippen molar-refractivity contribution in [3.05, 3.63) is 64.7 Å². The first-order valence-electron chi connectivity index (χ1n) is 7.33. The molecule has 0 saturated carbocycles. The average Bonchev–Trinajstić information content (AvgIpc) is 2.47. The summed E-state index contributed by atoms with van der Waals surface area (Å²) in [5.74, 6) is 0.368. The second kappa shape index (κ2) is 5.68. The fourth-order valence-electron chi connectivity index (χ4n) is 2.95. The van der Waals surface area contributed by atoms with Crippen molar-refractivity contribution in [1.29, 1.82) is 0 Å². The summed E-state index contributed by atoms with van der Waals surface area (Å²) in [6.45, 7) is 2.98. The van der Waals surface area contributed by atoms with Gasteiger partial charge in [0, 0.05) is 12.6 Å². The van der Waals surface area contributed by atoms with Gasteiger partial charge in [0.15, 0.2) is 0 Å². The van der Waals surface area contributed by atoms with Crippen LogP contribution in [-0.4, -0.2) is 5.11 Å². The Kier molecular flexibility index (Phi) is 3.75. The molecule has 20 heavy (non-hydrogen) atoms. The molecule has 1 aliphatic rings. The van der Waals surface area contributed by atoms with Gasteiger partial charge in [-0.1, -0.05) is 35.9 Å². The first-order valence-corrected chi connectivity index (χ1v) is 7.33. The molecule has 0 fully saturated rings. The third kappa shape index (κ3) is 2.86. The third-order valence-corrected chi connectivity index (χ3v) is 4.12. The highest BCUT2D eigenvalue weighted by Gasteiger charge is 2.19. The number of benzene rings is 2. The molecule has 3 rings (SSSR count). The molecule has 1 unspecified atom stereocenters. The Hall–Kier alpha value is -1.80. The van der Waals surface area contributed by atoms with E-state index in [0.717, 1.165) is 19.4 Å².